The second-order valence-electron chi connectivity index (χ2n) is 4.82. The molecular formula is C14H31NO3. The monoisotopic (exact) mass is 261 g/mol. The number of rotatable bonds is 13. The number of methoxy groups -OCH3 is 3. The highest BCUT2D eigenvalue weighted by Gasteiger charge is 2.26. The Morgan fingerprint density at radius 3 is 1.28 bits per heavy atom. The average molecular weight is 261 g/mol. The summed E-state index contributed by atoms with van der Waals surface area (Å²) >= 11 is 0. The molecule has 0 heterocycles. The standard InChI is InChI=1S/C14H31NO3/c1-15-14(8-5-11-16-2,9-6-12-17-3)10-7-13-18-4/h15H,5-13H2,1-4H3. The third-order valence-electron chi connectivity index (χ3n) is 3.54. The lowest BCUT2D eigenvalue weighted by molar-refractivity contribution is 0.140. The summed E-state index contributed by atoms with van der Waals surface area (Å²) in [6.07, 6.45) is 6.71. The topological polar surface area (TPSA) is 39.7 Å². The zero-order valence-corrected chi connectivity index (χ0v) is 12.6. The molecule has 0 spiro atoms. The first-order chi connectivity index (χ1) is 8.74. The molecule has 0 atom stereocenters. The molecule has 0 aromatic carbocycles. The lowest BCUT2D eigenvalue weighted by Gasteiger charge is -2.34. The molecule has 0 aromatic rings. The van der Waals surface area contributed by atoms with Gasteiger partial charge in [-0.05, 0) is 45.6 Å². The Kier molecular flexibility index (Phi) is 11.8. The van der Waals surface area contributed by atoms with Crippen molar-refractivity contribution >= 4 is 0 Å². The highest BCUT2D eigenvalue weighted by atomic mass is 16.5. The summed E-state index contributed by atoms with van der Waals surface area (Å²) in [6.45, 7) is 2.49. The zero-order chi connectivity index (χ0) is 13.7. The fourth-order valence-electron chi connectivity index (χ4n) is 2.41. The van der Waals surface area contributed by atoms with Gasteiger partial charge in [0, 0.05) is 46.7 Å². The molecule has 0 aliphatic heterocycles. The van der Waals surface area contributed by atoms with Crippen LogP contribution in [0.2, 0.25) is 0 Å². The molecule has 0 saturated carbocycles. The largest absolute Gasteiger partial charge is 0.385 e. The molecule has 0 radical (unpaired) electrons. The minimum atomic E-state index is 0.204. The van der Waals surface area contributed by atoms with Gasteiger partial charge in [-0.2, -0.15) is 0 Å². The van der Waals surface area contributed by atoms with Crippen LogP contribution in [-0.2, 0) is 14.2 Å². The van der Waals surface area contributed by atoms with Crippen molar-refractivity contribution in [2.45, 2.75) is 44.1 Å². The van der Waals surface area contributed by atoms with Crippen LogP contribution in [0.15, 0.2) is 0 Å². The van der Waals surface area contributed by atoms with Crippen molar-refractivity contribution in [3.63, 3.8) is 0 Å². The predicted octanol–water partition coefficient (Wildman–Crippen LogP) is 2.22. The SMILES string of the molecule is CNC(CCCOC)(CCCOC)CCCOC. The highest BCUT2D eigenvalue weighted by molar-refractivity contribution is 4.86. The second kappa shape index (κ2) is 11.9. The van der Waals surface area contributed by atoms with Crippen LogP contribution in [0.25, 0.3) is 0 Å². The van der Waals surface area contributed by atoms with E-state index in [0.717, 1.165) is 58.3 Å². The van der Waals surface area contributed by atoms with Crippen molar-refractivity contribution in [2.24, 2.45) is 0 Å². The Morgan fingerprint density at radius 1 is 0.722 bits per heavy atom. The third kappa shape index (κ3) is 8.03. The van der Waals surface area contributed by atoms with Gasteiger partial charge in [0.2, 0.25) is 0 Å². The summed E-state index contributed by atoms with van der Waals surface area (Å²) in [7, 11) is 7.34. The maximum absolute atomic E-state index is 5.16. The van der Waals surface area contributed by atoms with E-state index in [1.54, 1.807) is 21.3 Å². The first kappa shape index (κ1) is 17.8. The van der Waals surface area contributed by atoms with Gasteiger partial charge in [-0.25, -0.2) is 0 Å². The molecule has 4 heteroatoms. The molecule has 110 valence electrons. The Hall–Kier alpha value is -0.160. The maximum Gasteiger partial charge on any atom is 0.0462 e. The lowest BCUT2D eigenvalue weighted by atomic mass is 9.84. The summed E-state index contributed by atoms with van der Waals surface area (Å²) in [5.74, 6) is 0. The summed E-state index contributed by atoms with van der Waals surface area (Å²) in [4.78, 5) is 0. The molecular weight excluding hydrogens is 230 g/mol. The van der Waals surface area contributed by atoms with Gasteiger partial charge in [0.15, 0.2) is 0 Å². The van der Waals surface area contributed by atoms with Gasteiger partial charge in [0.25, 0.3) is 0 Å². The second-order valence-corrected chi connectivity index (χ2v) is 4.82. The molecule has 0 bridgehead atoms. The van der Waals surface area contributed by atoms with Crippen LogP contribution in [0.5, 0.6) is 0 Å². The highest BCUT2D eigenvalue weighted by Crippen LogP contribution is 2.25. The quantitative estimate of drug-likeness (QED) is 0.516. The van der Waals surface area contributed by atoms with E-state index in [9.17, 15) is 0 Å². The van der Waals surface area contributed by atoms with Crippen LogP contribution in [0.4, 0.5) is 0 Å². The summed E-state index contributed by atoms with van der Waals surface area (Å²) in [6, 6.07) is 0. The molecule has 0 rings (SSSR count). The van der Waals surface area contributed by atoms with Gasteiger partial charge in [0.1, 0.15) is 0 Å². The number of ether oxygens (including phenoxy) is 3. The number of hydrogen-bond donors (Lipinski definition) is 1. The fourth-order valence-corrected chi connectivity index (χ4v) is 2.41. The van der Waals surface area contributed by atoms with Gasteiger partial charge >= 0.3 is 0 Å². The van der Waals surface area contributed by atoms with Crippen molar-refractivity contribution in [2.75, 3.05) is 48.2 Å². The van der Waals surface area contributed by atoms with Crippen molar-refractivity contribution in [3.05, 3.63) is 0 Å². The smallest absolute Gasteiger partial charge is 0.0462 e. The predicted molar refractivity (Wildman–Crippen MR) is 75.1 cm³/mol. The molecule has 0 fully saturated rings. The summed E-state index contributed by atoms with van der Waals surface area (Å²) < 4.78 is 15.5. The normalized spacial score (nSPS) is 12.0. The molecule has 0 aliphatic rings. The number of nitrogens with one attached hydrogen (secondary N) is 1. The van der Waals surface area contributed by atoms with Crippen molar-refractivity contribution < 1.29 is 14.2 Å². The first-order valence-electron chi connectivity index (χ1n) is 6.90. The van der Waals surface area contributed by atoms with Gasteiger partial charge in [-0.1, -0.05) is 0 Å². The fraction of sp³-hybridized carbons (Fsp3) is 1.00. The Balaban J connectivity index is 4.20. The Labute approximate surface area is 112 Å². The Bertz CT molecular complexity index is 150. The van der Waals surface area contributed by atoms with E-state index in [2.05, 4.69) is 12.4 Å². The van der Waals surface area contributed by atoms with Crippen molar-refractivity contribution in [1.29, 1.82) is 0 Å². The van der Waals surface area contributed by atoms with E-state index in [1.807, 2.05) is 0 Å². The number of hydrogen-bond acceptors (Lipinski definition) is 4. The van der Waals surface area contributed by atoms with Crippen molar-refractivity contribution in [1.82, 2.24) is 5.32 Å². The average Bonchev–Trinajstić information content (AvgIpc) is 2.39. The van der Waals surface area contributed by atoms with Gasteiger partial charge in [-0.3, -0.25) is 0 Å². The van der Waals surface area contributed by atoms with Crippen molar-refractivity contribution in [3.8, 4) is 0 Å². The van der Waals surface area contributed by atoms with E-state index >= 15 is 0 Å². The van der Waals surface area contributed by atoms with Crippen LogP contribution < -0.4 is 5.32 Å². The van der Waals surface area contributed by atoms with Gasteiger partial charge in [-0.15, -0.1) is 0 Å². The van der Waals surface area contributed by atoms with E-state index in [-0.39, 0.29) is 5.54 Å². The molecule has 4 nitrogen and oxygen atoms in total. The molecule has 18 heavy (non-hydrogen) atoms. The van der Waals surface area contributed by atoms with Gasteiger partial charge < -0.3 is 19.5 Å². The first-order valence-corrected chi connectivity index (χ1v) is 6.90. The molecule has 0 saturated heterocycles. The van der Waals surface area contributed by atoms with Crippen LogP contribution in [-0.4, -0.2) is 53.7 Å². The van der Waals surface area contributed by atoms with Gasteiger partial charge in [0.05, 0.1) is 0 Å². The summed E-state index contributed by atoms with van der Waals surface area (Å²) in [5.41, 5.74) is 0.204. The molecule has 0 aliphatic carbocycles. The third-order valence-corrected chi connectivity index (χ3v) is 3.54. The van der Waals surface area contributed by atoms with Crippen LogP contribution in [0.3, 0.4) is 0 Å². The maximum atomic E-state index is 5.16. The van der Waals surface area contributed by atoms with Crippen LogP contribution in [0, 0.1) is 0 Å². The van der Waals surface area contributed by atoms with E-state index in [0.29, 0.717) is 0 Å². The van der Waals surface area contributed by atoms with E-state index < -0.39 is 0 Å². The minimum absolute atomic E-state index is 0.204. The Morgan fingerprint density at radius 2 is 1.06 bits per heavy atom. The summed E-state index contributed by atoms with van der Waals surface area (Å²) in [5, 5.41) is 3.53. The minimum Gasteiger partial charge on any atom is -0.385 e. The van der Waals surface area contributed by atoms with Crippen LogP contribution in [0.1, 0.15) is 38.5 Å². The molecule has 1 N–H and O–H groups in total. The molecule has 0 amide bonds. The lowest BCUT2D eigenvalue weighted by Crippen LogP contribution is -2.43. The molecule has 0 aromatic heterocycles. The van der Waals surface area contributed by atoms with E-state index in [1.165, 1.54) is 0 Å². The molecule has 0 unspecified atom stereocenters. The van der Waals surface area contributed by atoms with Crippen LogP contribution >= 0.6 is 0 Å². The van der Waals surface area contributed by atoms with E-state index in [4.69, 9.17) is 14.2 Å². The zero-order valence-electron chi connectivity index (χ0n) is 12.6.